The van der Waals surface area contributed by atoms with E-state index in [-0.39, 0.29) is 6.35 Å². The largest absolute Gasteiger partial charge is 0.330 e. The predicted molar refractivity (Wildman–Crippen MR) is 50.6 cm³/mol. The molecule has 0 amide bonds. The topological polar surface area (TPSA) is 69.7 Å². The Morgan fingerprint density at radius 1 is 1.38 bits per heavy atom. The Balaban J connectivity index is 4.22. The van der Waals surface area contributed by atoms with Crippen molar-refractivity contribution in [1.29, 1.82) is 0 Å². The van der Waals surface area contributed by atoms with Crippen molar-refractivity contribution in [3.05, 3.63) is 0 Å². The summed E-state index contributed by atoms with van der Waals surface area (Å²) in [5.41, 5.74) is 0. The van der Waals surface area contributed by atoms with Gasteiger partial charge < -0.3 is 4.52 Å². The van der Waals surface area contributed by atoms with Crippen LogP contribution in [0.15, 0.2) is 0 Å². The Morgan fingerprint density at radius 2 is 1.92 bits per heavy atom. The maximum absolute atomic E-state index is 11.6. The van der Waals surface area contributed by atoms with Crippen LogP contribution >= 0.6 is 7.37 Å². The lowest BCUT2D eigenvalue weighted by atomic mass is 10.6. The van der Waals surface area contributed by atoms with E-state index in [1.165, 1.54) is 7.11 Å². The summed E-state index contributed by atoms with van der Waals surface area (Å²) in [6.07, 6.45) is 1.55. The highest BCUT2D eigenvalue weighted by Gasteiger charge is 2.22. The molecule has 0 N–H and O–H groups in total. The van der Waals surface area contributed by atoms with E-state index in [9.17, 15) is 13.0 Å². The normalized spacial score (nSPS) is 16.8. The maximum atomic E-state index is 11.6. The van der Waals surface area contributed by atoms with Gasteiger partial charge in [-0.1, -0.05) is 6.92 Å². The summed E-state index contributed by atoms with van der Waals surface area (Å²) in [6.45, 7) is 1.84. The molecular formula is C6H15O5PS. The molecular weight excluding hydrogens is 215 g/mol. The van der Waals surface area contributed by atoms with Crippen LogP contribution in [0.1, 0.15) is 13.3 Å². The summed E-state index contributed by atoms with van der Waals surface area (Å²) in [6, 6.07) is 0. The number of hydrogen-bond donors (Lipinski definition) is 0. The Labute approximate surface area is 79.0 Å². The van der Waals surface area contributed by atoms with Crippen LogP contribution in [0.25, 0.3) is 0 Å². The van der Waals surface area contributed by atoms with E-state index < -0.39 is 17.5 Å². The molecule has 5 nitrogen and oxygen atoms in total. The SMILES string of the molecule is CCCP(=O)(COS(C)(=O)=O)OC. The quantitative estimate of drug-likeness (QED) is 0.507. The van der Waals surface area contributed by atoms with Gasteiger partial charge in [-0.2, -0.15) is 8.42 Å². The number of hydrogen-bond acceptors (Lipinski definition) is 5. The van der Waals surface area contributed by atoms with Crippen molar-refractivity contribution in [2.45, 2.75) is 13.3 Å². The van der Waals surface area contributed by atoms with Crippen molar-refractivity contribution in [3.8, 4) is 0 Å². The van der Waals surface area contributed by atoms with E-state index in [0.717, 1.165) is 6.26 Å². The summed E-state index contributed by atoms with van der Waals surface area (Å²) in [4.78, 5) is 0. The highest BCUT2D eigenvalue weighted by molar-refractivity contribution is 7.86. The molecule has 0 rings (SSSR count). The van der Waals surface area contributed by atoms with Gasteiger partial charge in [0.05, 0.1) is 6.26 Å². The van der Waals surface area contributed by atoms with E-state index in [1.54, 1.807) is 0 Å². The second-order valence-electron chi connectivity index (χ2n) is 2.67. The first-order valence-electron chi connectivity index (χ1n) is 3.81. The van der Waals surface area contributed by atoms with Crippen LogP contribution in [0.4, 0.5) is 0 Å². The molecule has 0 bridgehead atoms. The molecule has 0 aromatic rings. The van der Waals surface area contributed by atoms with Crippen molar-refractivity contribution < 1.29 is 21.7 Å². The summed E-state index contributed by atoms with van der Waals surface area (Å²) in [5, 5.41) is 0. The molecule has 80 valence electrons. The van der Waals surface area contributed by atoms with Crippen LogP contribution in [-0.2, 0) is 23.4 Å². The standard InChI is InChI=1S/C6H15O5PS/c1-4-5-12(7,10-2)6-11-13(3,8)9/h4-6H2,1-3H3. The van der Waals surface area contributed by atoms with E-state index in [2.05, 4.69) is 4.18 Å². The maximum Gasteiger partial charge on any atom is 0.264 e. The lowest BCUT2D eigenvalue weighted by molar-refractivity contribution is 0.325. The first-order valence-corrected chi connectivity index (χ1v) is 7.62. The fourth-order valence-corrected chi connectivity index (χ4v) is 3.23. The molecule has 0 saturated carbocycles. The third-order valence-corrected chi connectivity index (χ3v) is 4.40. The molecule has 0 aliphatic rings. The van der Waals surface area contributed by atoms with Crippen LogP contribution in [0.2, 0.25) is 0 Å². The van der Waals surface area contributed by atoms with Gasteiger partial charge in [0.25, 0.3) is 10.1 Å². The van der Waals surface area contributed by atoms with Gasteiger partial charge in [-0.15, -0.1) is 0 Å². The average molecular weight is 230 g/mol. The van der Waals surface area contributed by atoms with E-state index in [1.807, 2.05) is 6.92 Å². The molecule has 0 aliphatic heterocycles. The fraction of sp³-hybridized carbons (Fsp3) is 1.00. The molecule has 0 fully saturated rings. The van der Waals surface area contributed by atoms with Crippen LogP contribution < -0.4 is 0 Å². The highest BCUT2D eigenvalue weighted by atomic mass is 32.2. The molecule has 7 heteroatoms. The molecule has 0 aromatic heterocycles. The van der Waals surface area contributed by atoms with Gasteiger partial charge in [-0.3, -0.25) is 8.75 Å². The summed E-state index contributed by atoms with van der Waals surface area (Å²) < 4.78 is 42.0. The Morgan fingerprint density at radius 3 is 2.23 bits per heavy atom. The third-order valence-electron chi connectivity index (χ3n) is 1.36. The fourth-order valence-electron chi connectivity index (χ4n) is 0.725. The number of rotatable bonds is 6. The van der Waals surface area contributed by atoms with Crippen molar-refractivity contribution in [2.75, 3.05) is 25.9 Å². The molecule has 0 saturated heterocycles. The summed E-state index contributed by atoms with van der Waals surface area (Å²) in [7, 11) is -5.14. The van der Waals surface area contributed by atoms with Gasteiger partial charge in [-0.05, 0) is 6.42 Å². The molecule has 1 unspecified atom stereocenters. The van der Waals surface area contributed by atoms with E-state index in [0.29, 0.717) is 12.6 Å². The first-order chi connectivity index (χ1) is 5.83. The van der Waals surface area contributed by atoms with Crippen LogP contribution in [-0.4, -0.2) is 34.3 Å². The zero-order valence-electron chi connectivity index (χ0n) is 8.02. The van der Waals surface area contributed by atoms with Crippen molar-refractivity contribution >= 4 is 17.5 Å². The molecule has 0 aliphatic carbocycles. The molecule has 0 heterocycles. The molecule has 0 spiro atoms. The minimum atomic E-state index is -3.54. The lowest BCUT2D eigenvalue weighted by Crippen LogP contribution is -2.07. The van der Waals surface area contributed by atoms with Gasteiger partial charge in [0.2, 0.25) is 7.37 Å². The molecule has 0 aromatic carbocycles. The lowest BCUT2D eigenvalue weighted by Gasteiger charge is -2.13. The average Bonchev–Trinajstić information content (AvgIpc) is 2.01. The Bertz CT molecular complexity index is 283. The van der Waals surface area contributed by atoms with Gasteiger partial charge in [0, 0.05) is 13.3 Å². The molecule has 0 radical (unpaired) electrons. The van der Waals surface area contributed by atoms with Crippen LogP contribution in [0, 0.1) is 0 Å². The van der Waals surface area contributed by atoms with E-state index in [4.69, 9.17) is 4.52 Å². The van der Waals surface area contributed by atoms with Crippen LogP contribution in [0.3, 0.4) is 0 Å². The smallest absolute Gasteiger partial charge is 0.264 e. The molecule has 13 heavy (non-hydrogen) atoms. The zero-order chi connectivity index (χ0) is 10.5. The van der Waals surface area contributed by atoms with Crippen LogP contribution in [0.5, 0.6) is 0 Å². The van der Waals surface area contributed by atoms with E-state index >= 15 is 0 Å². The van der Waals surface area contributed by atoms with Gasteiger partial charge in [0.1, 0.15) is 6.35 Å². The third kappa shape index (κ3) is 6.21. The predicted octanol–water partition coefficient (Wildman–Crippen LogP) is 1.25. The van der Waals surface area contributed by atoms with Gasteiger partial charge in [-0.25, -0.2) is 0 Å². The monoisotopic (exact) mass is 230 g/mol. The Hall–Kier alpha value is 0.1000. The van der Waals surface area contributed by atoms with Crippen molar-refractivity contribution in [1.82, 2.24) is 0 Å². The summed E-state index contributed by atoms with van der Waals surface area (Å²) in [5.74, 6) is 0. The minimum Gasteiger partial charge on any atom is -0.330 e. The first kappa shape index (κ1) is 13.1. The van der Waals surface area contributed by atoms with Crippen molar-refractivity contribution in [2.24, 2.45) is 0 Å². The summed E-state index contributed by atoms with van der Waals surface area (Å²) >= 11 is 0. The van der Waals surface area contributed by atoms with Gasteiger partial charge >= 0.3 is 0 Å². The zero-order valence-corrected chi connectivity index (χ0v) is 9.73. The van der Waals surface area contributed by atoms with Crippen molar-refractivity contribution in [3.63, 3.8) is 0 Å². The highest BCUT2D eigenvalue weighted by Crippen LogP contribution is 2.46. The molecule has 1 atom stereocenters. The Kier molecular flexibility index (Phi) is 5.14. The minimum absolute atomic E-state index is 0.332. The van der Waals surface area contributed by atoms with Gasteiger partial charge in [0.15, 0.2) is 0 Å². The second-order valence-corrected chi connectivity index (χ2v) is 7.02. The second kappa shape index (κ2) is 5.10.